The smallest absolute Gasteiger partial charge is 0.0619 e. The standard InChI is InChI=1S/C45H33B/c1-24-20-33-27-14-10-16-29-39(27)37(22-31-25-12-6-8-18-35(25)44(2,3)41(29)31)46-38-23-32-26-13-7-9-19-36(26)45(4,5)42(32)30-17-11-15-28(40(30)38)34(21-24)43(33)46/h6-23H,1-5H3. The molecule has 0 aromatic heterocycles. The molecule has 0 amide bonds. The number of fused-ring (bicyclic) bond motifs is 12. The topological polar surface area (TPSA) is 0 Å². The van der Waals surface area contributed by atoms with Gasteiger partial charge in [0.1, 0.15) is 0 Å². The lowest BCUT2D eigenvalue weighted by Gasteiger charge is -2.36. The first-order chi connectivity index (χ1) is 22.3. The van der Waals surface area contributed by atoms with Gasteiger partial charge in [0.15, 0.2) is 0 Å². The quantitative estimate of drug-likeness (QED) is 0.156. The summed E-state index contributed by atoms with van der Waals surface area (Å²) in [6, 6.07) is 42.6. The van der Waals surface area contributed by atoms with E-state index < -0.39 is 0 Å². The third-order valence-electron chi connectivity index (χ3n) is 12.2. The minimum Gasteiger partial charge on any atom is -0.0619 e. The van der Waals surface area contributed by atoms with Crippen molar-refractivity contribution in [1.82, 2.24) is 0 Å². The van der Waals surface area contributed by atoms with Crippen molar-refractivity contribution in [3.8, 4) is 44.5 Å². The molecule has 216 valence electrons. The fourth-order valence-electron chi connectivity index (χ4n) is 10.5. The first kappa shape index (κ1) is 25.3. The lowest BCUT2D eigenvalue weighted by Crippen LogP contribution is -2.57. The molecule has 0 atom stereocenters. The Morgan fingerprint density at radius 2 is 0.870 bits per heavy atom. The SMILES string of the molecule is Cc1cc2c3c(c1)-c1cccc4c5c(cc(c14)B3c1cc3c(c4cccc-2c14)C(C)(C)c1ccccc1-3)-c1ccccc1C5(C)C. The summed E-state index contributed by atoms with van der Waals surface area (Å²) < 4.78 is 0. The highest BCUT2D eigenvalue weighted by atomic mass is 14.4. The predicted octanol–water partition coefficient (Wildman–Crippen LogP) is 9.39. The molecule has 2 heterocycles. The van der Waals surface area contributed by atoms with Gasteiger partial charge in [-0.3, -0.25) is 0 Å². The lowest BCUT2D eigenvalue weighted by atomic mass is 9.30. The van der Waals surface area contributed by atoms with Crippen LogP contribution in [0, 0.1) is 6.92 Å². The van der Waals surface area contributed by atoms with Gasteiger partial charge in [0.25, 0.3) is 0 Å². The minimum absolute atomic E-state index is 0.0591. The Morgan fingerprint density at radius 3 is 1.35 bits per heavy atom. The van der Waals surface area contributed by atoms with E-state index in [1.54, 1.807) is 0 Å². The molecule has 7 aromatic carbocycles. The molecule has 46 heavy (non-hydrogen) atoms. The largest absolute Gasteiger partial charge is 0.244 e. The van der Waals surface area contributed by atoms with Gasteiger partial charge in [-0.15, -0.1) is 0 Å². The van der Waals surface area contributed by atoms with E-state index in [9.17, 15) is 0 Å². The van der Waals surface area contributed by atoms with Crippen LogP contribution in [0.4, 0.5) is 0 Å². The Labute approximate surface area is 270 Å². The van der Waals surface area contributed by atoms with Gasteiger partial charge < -0.3 is 0 Å². The summed E-state index contributed by atoms with van der Waals surface area (Å²) in [5.74, 6) is 0. The van der Waals surface area contributed by atoms with Gasteiger partial charge in [0, 0.05) is 10.8 Å². The zero-order chi connectivity index (χ0) is 30.9. The molecule has 0 fully saturated rings. The second-order valence-electron chi connectivity index (χ2n) is 15.3. The number of benzene rings is 7. The Hall–Kier alpha value is -4.88. The minimum atomic E-state index is -0.0591. The van der Waals surface area contributed by atoms with Crippen LogP contribution in [0.15, 0.2) is 109 Å². The number of aryl methyl sites for hydroxylation is 1. The van der Waals surface area contributed by atoms with Gasteiger partial charge in [-0.1, -0.05) is 153 Å². The van der Waals surface area contributed by atoms with Crippen molar-refractivity contribution in [2.24, 2.45) is 0 Å². The van der Waals surface area contributed by atoms with E-state index in [4.69, 9.17) is 0 Å². The van der Waals surface area contributed by atoms with Crippen LogP contribution in [-0.2, 0) is 10.8 Å². The third-order valence-corrected chi connectivity index (χ3v) is 12.2. The lowest BCUT2D eigenvalue weighted by molar-refractivity contribution is 0.666. The van der Waals surface area contributed by atoms with Gasteiger partial charge in [-0.25, -0.2) is 0 Å². The molecule has 0 N–H and O–H groups in total. The summed E-state index contributed by atoms with van der Waals surface area (Å²) in [6.45, 7) is 12.1. The highest BCUT2D eigenvalue weighted by Gasteiger charge is 2.45. The molecule has 2 aliphatic carbocycles. The summed E-state index contributed by atoms with van der Waals surface area (Å²) in [5.41, 5.74) is 22.7. The van der Waals surface area contributed by atoms with Crippen molar-refractivity contribution < 1.29 is 0 Å². The van der Waals surface area contributed by atoms with Crippen molar-refractivity contribution in [2.75, 3.05) is 0 Å². The van der Waals surface area contributed by atoms with Gasteiger partial charge in [-0.2, -0.15) is 0 Å². The van der Waals surface area contributed by atoms with Crippen molar-refractivity contribution in [1.29, 1.82) is 0 Å². The molecular weight excluding hydrogens is 551 g/mol. The Morgan fingerprint density at radius 1 is 0.435 bits per heavy atom. The summed E-state index contributed by atoms with van der Waals surface area (Å²) >= 11 is 0. The number of hydrogen-bond acceptors (Lipinski definition) is 0. The van der Waals surface area contributed by atoms with Gasteiger partial charge in [0.2, 0.25) is 6.71 Å². The second kappa shape index (κ2) is 7.91. The van der Waals surface area contributed by atoms with Crippen molar-refractivity contribution >= 4 is 44.6 Å². The molecule has 0 spiro atoms. The Kier molecular flexibility index (Phi) is 4.36. The van der Waals surface area contributed by atoms with Crippen LogP contribution in [0.3, 0.4) is 0 Å². The van der Waals surface area contributed by atoms with Gasteiger partial charge in [-0.05, 0) is 101 Å². The molecule has 0 nitrogen and oxygen atoms in total. The van der Waals surface area contributed by atoms with Crippen LogP contribution in [0.2, 0.25) is 0 Å². The normalized spacial score (nSPS) is 16.2. The maximum absolute atomic E-state index is 2.61. The predicted molar refractivity (Wildman–Crippen MR) is 197 cm³/mol. The second-order valence-corrected chi connectivity index (χ2v) is 15.3. The van der Waals surface area contributed by atoms with Gasteiger partial charge >= 0.3 is 0 Å². The van der Waals surface area contributed by atoms with Crippen molar-refractivity contribution in [3.63, 3.8) is 0 Å². The fourth-order valence-corrected chi connectivity index (χ4v) is 10.5. The van der Waals surface area contributed by atoms with Crippen LogP contribution < -0.4 is 16.4 Å². The summed E-state index contributed by atoms with van der Waals surface area (Å²) in [6.07, 6.45) is 0. The van der Waals surface area contributed by atoms with E-state index in [-0.39, 0.29) is 17.5 Å². The average Bonchev–Trinajstić information content (AvgIpc) is 3.44. The molecule has 11 rings (SSSR count). The van der Waals surface area contributed by atoms with Crippen LogP contribution >= 0.6 is 0 Å². The van der Waals surface area contributed by atoms with E-state index in [1.165, 1.54) is 110 Å². The average molecular weight is 585 g/mol. The molecule has 0 saturated heterocycles. The van der Waals surface area contributed by atoms with E-state index >= 15 is 0 Å². The van der Waals surface area contributed by atoms with E-state index in [1.807, 2.05) is 0 Å². The van der Waals surface area contributed by atoms with Crippen LogP contribution in [0.5, 0.6) is 0 Å². The Bertz CT molecular complexity index is 2420. The fraction of sp³-hybridized carbons (Fsp3) is 0.156. The van der Waals surface area contributed by atoms with Crippen LogP contribution in [0.1, 0.15) is 55.5 Å². The molecule has 0 unspecified atom stereocenters. The first-order valence-corrected chi connectivity index (χ1v) is 16.8. The zero-order valence-corrected chi connectivity index (χ0v) is 27.0. The maximum atomic E-state index is 2.61. The highest BCUT2D eigenvalue weighted by Crippen LogP contribution is 2.54. The molecular formula is C45H33B. The molecule has 1 heteroatoms. The number of rotatable bonds is 0. The highest BCUT2D eigenvalue weighted by molar-refractivity contribution is 7.01. The molecule has 0 saturated carbocycles. The van der Waals surface area contributed by atoms with Crippen molar-refractivity contribution in [3.05, 3.63) is 137 Å². The summed E-state index contributed by atoms with van der Waals surface area (Å²) in [5, 5.41) is 5.74. The summed E-state index contributed by atoms with van der Waals surface area (Å²) in [4.78, 5) is 0. The molecule has 0 radical (unpaired) electrons. The van der Waals surface area contributed by atoms with E-state index in [2.05, 4.69) is 144 Å². The van der Waals surface area contributed by atoms with Crippen LogP contribution in [-0.4, -0.2) is 6.71 Å². The first-order valence-electron chi connectivity index (χ1n) is 16.8. The van der Waals surface area contributed by atoms with Gasteiger partial charge in [0.05, 0.1) is 0 Å². The molecule has 0 bridgehead atoms. The Balaban J connectivity index is 1.35. The number of hydrogen-bond donors (Lipinski definition) is 0. The molecule has 2 aliphatic heterocycles. The zero-order valence-electron chi connectivity index (χ0n) is 27.0. The van der Waals surface area contributed by atoms with E-state index in [0.717, 1.165) is 0 Å². The molecule has 4 aliphatic rings. The van der Waals surface area contributed by atoms with Crippen LogP contribution in [0.25, 0.3) is 66.1 Å². The maximum Gasteiger partial charge on any atom is 0.244 e. The monoisotopic (exact) mass is 584 g/mol. The van der Waals surface area contributed by atoms with Crippen molar-refractivity contribution in [2.45, 2.75) is 45.4 Å². The van der Waals surface area contributed by atoms with E-state index in [0.29, 0.717) is 0 Å². The third kappa shape index (κ3) is 2.70. The summed E-state index contributed by atoms with van der Waals surface area (Å²) in [7, 11) is 0. The molecule has 7 aromatic rings.